The number of pyridine rings is 1. The maximum atomic E-state index is 10.8. The molecule has 90 valence electrons. The van der Waals surface area contributed by atoms with Crippen LogP contribution in [0.25, 0.3) is 0 Å². The number of rotatable bonds is 3. The van der Waals surface area contributed by atoms with E-state index in [-0.39, 0.29) is 24.4 Å². The molecule has 0 aliphatic heterocycles. The average Bonchev–Trinajstić information content (AvgIpc) is 2.08. The van der Waals surface area contributed by atoms with Crippen molar-refractivity contribution in [2.24, 2.45) is 0 Å². The number of nitrogens with one attached hydrogen (secondary N) is 1. The van der Waals surface area contributed by atoms with E-state index in [2.05, 4.69) is 10.3 Å². The van der Waals surface area contributed by atoms with E-state index in [0.717, 1.165) is 0 Å². The third kappa shape index (κ3) is 4.35. The van der Waals surface area contributed by atoms with E-state index in [4.69, 9.17) is 10.5 Å². The van der Waals surface area contributed by atoms with Crippen LogP contribution in [0.2, 0.25) is 0 Å². The molecule has 0 spiro atoms. The number of halogens is 1. The molecule has 1 amide bonds. The van der Waals surface area contributed by atoms with Crippen LogP contribution in [0, 0.1) is 0 Å². The molecule has 6 heteroatoms. The van der Waals surface area contributed by atoms with Crippen LogP contribution >= 0.6 is 12.4 Å². The van der Waals surface area contributed by atoms with Crippen LogP contribution in [0.1, 0.15) is 20.8 Å². The van der Waals surface area contributed by atoms with E-state index in [1.54, 1.807) is 6.07 Å². The monoisotopic (exact) mass is 245 g/mol. The summed E-state index contributed by atoms with van der Waals surface area (Å²) in [4.78, 5) is 14.8. The Balaban J connectivity index is 0.00000225. The number of amides is 1. The van der Waals surface area contributed by atoms with Crippen LogP contribution < -0.4 is 15.8 Å². The highest BCUT2D eigenvalue weighted by atomic mass is 35.5. The van der Waals surface area contributed by atoms with Gasteiger partial charge in [-0.3, -0.25) is 4.79 Å². The predicted molar refractivity (Wildman–Crippen MR) is 66.0 cm³/mol. The summed E-state index contributed by atoms with van der Waals surface area (Å²) in [5.41, 5.74) is 6.19. The standard InChI is InChI=1S/C10H15N3O2.ClH/c1-6(2)15-9-5-12-10(4-8(9)11)13-7(3)14;/h4-6H,1-3H3,(H3,11,12,13,14);1H. The topological polar surface area (TPSA) is 77.2 Å². The number of nitrogen functional groups attached to an aromatic ring is 1. The Bertz CT molecular complexity index is 369. The fraction of sp³-hybridized carbons (Fsp3) is 0.400. The first-order valence-electron chi connectivity index (χ1n) is 4.69. The average molecular weight is 246 g/mol. The van der Waals surface area contributed by atoms with E-state index < -0.39 is 0 Å². The van der Waals surface area contributed by atoms with Gasteiger partial charge in [-0.15, -0.1) is 12.4 Å². The first-order chi connectivity index (χ1) is 6.99. The SMILES string of the molecule is CC(=O)Nc1cc(N)c(OC(C)C)cn1.Cl. The molecule has 0 bridgehead atoms. The molecule has 3 N–H and O–H groups in total. The molecule has 1 rings (SSSR count). The Kier molecular flexibility index (Phi) is 5.60. The maximum Gasteiger partial charge on any atom is 0.222 e. The third-order valence-electron chi connectivity index (χ3n) is 1.56. The minimum Gasteiger partial charge on any atom is -0.487 e. The van der Waals surface area contributed by atoms with Crippen LogP contribution in [-0.4, -0.2) is 17.0 Å². The van der Waals surface area contributed by atoms with Crippen molar-refractivity contribution in [2.45, 2.75) is 26.9 Å². The van der Waals surface area contributed by atoms with Crippen molar-refractivity contribution >= 4 is 29.8 Å². The lowest BCUT2D eigenvalue weighted by Crippen LogP contribution is -2.10. The second-order valence-corrected chi connectivity index (χ2v) is 3.46. The number of anilines is 2. The van der Waals surface area contributed by atoms with E-state index in [1.807, 2.05) is 13.8 Å². The Morgan fingerprint density at radius 3 is 2.62 bits per heavy atom. The van der Waals surface area contributed by atoms with Crippen LogP contribution in [0.15, 0.2) is 12.3 Å². The Morgan fingerprint density at radius 2 is 2.19 bits per heavy atom. The number of aromatic nitrogens is 1. The smallest absolute Gasteiger partial charge is 0.222 e. The number of nitrogens with two attached hydrogens (primary N) is 1. The van der Waals surface area contributed by atoms with Crippen molar-refractivity contribution < 1.29 is 9.53 Å². The molecular formula is C10H16ClN3O2. The highest BCUT2D eigenvalue weighted by Crippen LogP contribution is 2.23. The molecule has 0 atom stereocenters. The molecule has 16 heavy (non-hydrogen) atoms. The van der Waals surface area contributed by atoms with E-state index in [1.165, 1.54) is 13.1 Å². The highest BCUT2D eigenvalue weighted by Gasteiger charge is 2.05. The molecule has 0 radical (unpaired) electrons. The largest absolute Gasteiger partial charge is 0.487 e. The van der Waals surface area contributed by atoms with Crippen LogP contribution in [-0.2, 0) is 4.79 Å². The van der Waals surface area contributed by atoms with Crippen LogP contribution in [0.3, 0.4) is 0 Å². The van der Waals surface area contributed by atoms with E-state index in [0.29, 0.717) is 17.3 Å². The first-order valence-corrected chi connectivity index (χ1v) is 4.69. The molecule has 1 heterocycles. The van der Waals surface area contributed by atoms with Gasteiger partial charge in [0.05, 0.1) is 18.0 Å². The van der Waals surface area contributed by atoms with Gasteiger partial charge in [-0.25, -0.2) is 4.98 Å². The van der Waals surface area contributed by atoms with Gasteiger partial charge in [0.2, 0.25) is 5.91 Å². The van der Waals surface area contributed by atoms with Gasteiger partial charge >= 0.3 is 0 Å². The molecule has 0 unspecified atom stereocenters. The summed E-state index contributed by atoms with van der Waals surface area (Å²) in [6.45, 7) is 5.22. The van der Waals surface area contributed by atoms with Crippen LogP contribution in [0.5, 0.6) is 5.75 Å². The summed E-state index contributed by atoms with van der Waals surface area (Å²) in [5.74, 6) is 0.773. The molecule has 0 aliphatic carbocycles. The zero-order valence-electron chi connectivity index (χ0n) is 9.48. The number of hydrogen-bond donors (Lipinski definition) is 2. The zero-order valence-corrected chi connectivity index (χ0v) is 10.3. The minimum atomic E-state index is -0.181. The molecule has 0 saturated heterocycles. The fourth-order valence-corrected chi connectivity index (χ4v) is 1.06. The summed E-state index contributed by atoms with van der Waals surface area (Å²) in [7, 11) is 0. The number of nitrogens with zero attached hydrogens (tertiary/aromatic N) is 1. The fourth-order valence-electron chi connectivity index (χ4n) is 1.06. The number of ether oxygens (including phenoxy) is 1. The Labute approximate surface area is 101 Å². The van der Waals surface area contributed by atoms with Crippen molar-refractivity contribution in [1.29, 1.82) is 0 Å². The molecule has 0 fully saturated rings. The minimum absolute atomic E-state index is 0. The zero-order chi connectivity index (χ0) is 11.4. The summed E-state index contributed by atoms with van der Waals surface area (Å²) >= 11 is 0. The van der Waals surface area contributed by atoms with E-state index in [9.17, 15) is 4.79 Å². The van der Waals surface area contributed by atoms with Gasteiger partial charge in [-0.2, -0.15) is 0 Å². The number of hydrogen-bond acceptors (Lipinski definition) is 4. The number of carbonyl (C=O) groups excluding carboxylic acids is 1. The maximum absolute atomic E-state index is 10.8. The van der Waals surface area contributed by atoms with Gasteiger partial charge in [0.15, 0.2) is 5.75 Å². The van der Waals surface area contributed by atoms with Crippen molar-refractivity contribution in [1.82, 2.24) is 4.98 Å². The van der Waals surface area contributed by atoms with Gasteiger partial charge in [0.25, 0.3) is 0 Å². The molecular weight excluding hydrogens is 230 g/mol. The van der Waals surface area contributed by atoms with Gasteiger partial charge in [0.1, 0.15) is 5.82 Å². The van der Waals surface area contributed by atoms with Crippen molar-refractivity contribution in [3.8, 4) is 5.75 Å². The molecule has 5 nitrogen and oxygen atoms in total. The van der Waals surface area contributed by atoms with Gasteiger partial charge in [0, 0.05) is 13.0 Å². The molecule has 1 aromatic heterocycles. The second-order valence-electron chi connectivity index (χ2n) is 3.46. The molecule has 1 aromatic rings. The Morgan fingerprint density at radius 1 is 1.56 bits per heavy atom. The Hall–Kier alpha value is -1.49. The summed E-state index contributed by atoms with van der Waals surface area (Å²) in [6.07, 6.45) is 1.54. The summed E-state index contributed by atoms with van der Waals surface area (Å²) < 4.78 is 5.40. The van der Waals surface area contributed by atoms with Crippen molar-refractivity contribution in [2.75, 3.05) is 11.1 Å². The summed E-state index contributed by atoms with van der Waals surface area (Å²) in [5, 5.41) is 2.54. The third-order valence-corrected chi connectivity index (χ3v) is 1.56. The first kappa shape index (κ1) is 14.5. The lowest BCUT2D eigenvalue weighted by Gasteiger charge is -2.12. The highest BCUT2D eigenvalue weighted by molar-refractivity contribution is 5.88. The molecule has 0 aliphatic rings. The summed E-state index contributed by atoms with van der Waals surface area (Å²) in [6, 6.07) is 1.57. The quantitative estimate of drug-likeness (QED) is 0.852. The van der Waals surface area contributed by atoms with Gasteiger partial charge in [-0.1, -0.05) is 0 Å². The van der Waals surface area contributed by atoms with E-state index >= 15 is 0 Å². The normalized spacial score (nSPS) is 9.50. The van der Waals surface area contributed by atoms with Crippen LogP contribution in [0.4, 0.5) is 11.5 Å². The van der Waals surface area contributed by atoms with Crippen molar-refractivity contribution in [3.63, 3.8) is 0 Å². The predicted octanol–water partition coefficient (Wildman–Crippen LogP) is 1.83. The van der Waals surface area contributed by atoms with Crippen molar-refractivity contribution in [3.05, 3.63) is 12.3 Å². The molecule has 0 saturated carbocycles. The van der Waals surface area contributed by atoms with Gasteiger partial charge in [-0.05, 0) is 13.8 Å². The number of carbonyl (C=O) groups is 1. The second kappa shape index (κ2) is 6.17. The van der Waals surface area contributed by atoms with Gasteiger partial charge < -0.3 is 15.8 Å². The lowest BCUT2D eigenvalue weighted by atomic mass is 10.3. The molecule has 0 aromatic carbocycles. The lowest BCUT2D eigenvalue weighted by molar-refractivity contribution is -0.114.